The molecule has 0 bridgehead atoms. The van der Waals surface area contributed by atoms with Crippen LogP contribution >= 0.6 is 15.9 Å². The van der Waals surface area contributed by atoms with E-state index >= 15 is 0 Å². The third-order valence-electron chi connectivity index (χ3n) is 2.64. The molecule has 0 heterocycles. The minimum Gasteiger partial charge on any atom is -0.380 e. The quantitative estimate of drug-likeness (QED) is 0.551. The van der Waals surface area contributed by atoms with Crippen molar-refractivity contribution in [1.82, 2.24) is 0 Å². The van der Waals surface area contributed by atoms with Gasteiger partial charge in [-0.15, -0.1) is 0 Å². The summed E-state index contributed by atoms with van der Waals surface area (Å²) in [5.74, 6) is 0. The summed E-state index contributed by atoms with van der Waals surface area (Å²) in [5, 5.41) is 0.825. The molecule has 5 heteroatoms. The maximum Gasteiger partial charge on any atom is 0.391 e. The molecular weight excluding hydrogens is 261 g/mol. The molecule has 0 atom stereocenters. The van der Waals surface area contributed by atoms with Crippen molar-refractivity contribution >= 4 is 15.9 Å². The van der Waals surface area contributed by atoms with E-state index in [0.29, 0.717) is 6.61 Å². The fraction of sp³-hybridized carbons (Fsp3) is 1.00. The van der Waals surface area contributed by atoms with Crippen LogP contribution in [0.1, 0.15) is 25.7 Å². The van der Waals surface area contributed by atoms with Gasteiger partial charge in [-0.25, -0.2) is 0 Å². The maximum absolute atomic E-state index is 11.8. The largest absolute Gasteiger partial charge is 0.391 e. The van der Waals surface area contributed by atoms with Crippen molar-refractivity contribution in [3.8, 4) is 0 Å². The Morgan fingerprint density at radius 2 is 1.93 bits per heavy atom. The molecule has 0 aliphatic heterocycles. The fourth-order valence-corrected chi connectivity index (χ4v) is 2.19. The molecule has 14 heavy (non-hydrogen) atoms. The summed E-state index contributed by atoms with van der Waals surface area (Å²) >= 11 is 3.37. The van der Waals surface area contributed by atoms with Gasteiger partial charge in [-0.3, -0.25) is 0 Å². The highest BCUT2D eigenvalue weighted by Crippen LogP contribution is 2.42. The topological polar surface area (TPSA) is 9.23 Å². The highest BCUT2D eigenvalue weighted by molar-refractivity contribution is 9.09. The first kappa shape index (κ1) is 12.3. The number of hydrogen-bond donors (Lipinski definition) is 0. The van der Waals surface area contributed by atoms with Crippen LogP contribution < -0.4 is 0 Å². The van der Waals surface area contributed by atoms with Gasteiger partial charge < -0.3 is 4.74 Å². The van der Waals surface area contributed by atoms with E-state index < -0.39 is 12.6 Å². The summed E-state index contributed by atoms with van der Waals surface area (Å²) in [6, 6.07) is 0. The number of alkyl halides is 4. The van der Waals surface area contributed by atoms with E-state index in [4.69, 9.17) is 4.74 Å². The minimum absolute atomic E-state index is 0.117. The molecule has 1 nitrogen and oxygen atoms in total. The van der Waals surface area contributed by atoms with E-state index in [1.165, 1.54) is 0 Å². The molecule has 1 rings (SSSR count). The lowest BCUT2D eigenvalue weighted by atomic mass is 9.71. The molecule has 0 amide bonds. The predicted molar refractivity (Wildman–Crippen MR) is 51.6 cm³/mol. The summed E-state index contributed by atoms with van der Waals surface area (Å²) < 4.78 is 40.3. The van der Waals surface area contributed by atoms with E-state index in [1.807, 2.05) is 0 Å². The van der Waals surface area contributed by atoms with Crippen LogP contribution in [0.4, 0.5) is 13.2 Å². The summed E-state index contributed by atoms with van der Waals surface area (Å²) in [6.45, 7) is 0.243. The lowest BCUT2D eigenvalue weighted by Crippen LogP contribution is -2.36. The van der Waals surface area contributed by atoms with Gasteiger partial charge in [0.1, 0.15) is 0 Å². The zero-order chi connectivity index (χ0) is 10.7. The van der Waals surface area contributed by atoms with Crippen molar-refractivity contribution in [3.63, 3.8) is 0 Å². The number of halogens is 4. The molecule has 0 N–H and O–H groups in total. The first-order valence-corrected chi connectivity index (χ1v) is 5.80. The second-order valence-electron chi connectivity index (χ2n) is 3.90. The summed E-state index contributed by atoms with van der Waals surface area (Å²) in [7, 11) is 0. The summed E-state index contributed by atoms with van der Waals surface area (Å²) in [5.41, 5.74) is 0.117. The molecule has 0 unspecified atom stereocenters. The number of rotatable bonds is 5. The second kappa shape index (κ2) is 4.84. The van der Waals surface area contributed by atoms with Gasteiger partial charge in [-0.1, -0.05) is 22.4 Å². The van der Waals surface area contributed by atoms with Crippen molar-refractivity contribution < 1.29 is 17.9 Å². The van der Waals surface area contributed by atoms with Crippen molar-refractivity contribution in [2.75, 3.05) is 18.5 Å². The van der Waals surface area contributed by atoms with Crippen LogP contribution in [-0.2, 0) is 4.74 Å². The smallest absolute Gasteiger partial charge is 0.380 e. The van der Waals surface area contributed by atoms with E-state index in [-0.39, 0.29) is 12.0 Å². The van der Waals surface area contributed by atoms with Gasteiger partial charge >= 0.3 is 6.18 Å². The van der Waals surface area contributed by atoms with Crippen molar-refractivity contribution in [2.45, 2.75) is 31.9 Å². The third kappa shape index (κ3) is 3.77. The van der Waals surface area contributed by atoms with Crippen LogP contribution in [0.25, 0.3) is 0 Å². The average molecular weight is 275 g/mol. The molecule has 0 aromatic rings. The van der Waals surface area contributed by atoms with Gasteiger partial charge in [-0.2, -0.15) is 13.2 Å². The predicted octanol–water partition coefficient (Wildman–Crippen LogP) is 3.52. The molecule has 1 saturated carbocycles. The Morgan fingerprint density at radius 3 is 2.29 bits per heavy atom. The Kier molecular flexibility index (Phi) is 4.25. The summed E-state index contributed by atoms with van der Waals surface area (Å²) in [6.07, 6.45) is -1.66. The lowest BCUT2D eigenvalue weighted by Gasteiger charge is -2.40. The standard InChI is InChI=1S/C9H14BrF3O/c10-6-8(2-1-3-8)7-14-5-4-9(11,12)13/h1-7H2. The molecule has 1 aliphatic rings. The van der Waals surface area contributed by atoms with Crippen LogP contribution in [0.5, 0.6) is 0 Å². The monoisotopic (exact) mass is 274 g/mol. The fourth-order valence-electron chi connectivity index (χ4n) is 1.47. The highest BCUT2D eigenvalue weighted by Gasteiger charge is 2.36. The molecule has 0 radical (unpaired) electrons. The number of hydrogen-bond acceptors (Lipinski definition) is 1. The zero-order valence-corrected chi connectivity index (χ0v) is 9.46. The Hall–Kier alpha value is 0.230. The molecular formula is C9H14BrF3O. The highest BCUT2D eigenvalue weighted by atomic mass is 79.9. The van der Waals surface area contributed by atoms with Crippen LogP contribution in [0.3, 0.4) is 0 Å². The Balaban J connectivity index is 2.09. The van der Waals surface area contributed by atoms with Gasteiger partial charge in [0.25, 0.3) is 0 Å². The van der Waals surface area contributed by atoms with Crippen molar-refractivity contribution in [3.05, 3.63) is 0 Å². The lowest BCUT2D eigenvalue weighted by molar-refractivity contribution is -0.148. The average Bonchev–Trinajstić information content (AvgIpc) is 2.00. The Bertz CT molecular complexity index is 172. The van der Waals surface area contributed by atoms with Crippen LogP contribution in [0.2, 0.25) is 0 Å². The van der Waals surface area contributed by atoms with E-state index in [0.717, 1.165) is 24.6 Å². The Morgan fingerprint density at radius 1 is 1.29 bits per heavy atom. The van der Waals surface area contributed by atoms with Crippen LogP contribution in [0, 0.1) is 5.41 Å². The molecule has 0 aromatic heterocycles. The SMILES string of the molecule is FC(F)(F)CCOCC1(CBr)CCC1. The second-order valence-corrected chi connectivity index (χ2v) is 4.47. The molecule has 1 aliphatic carbocycles. The first-order valence-electron chi connectivity index (χ1n) is 4.68. The molecule has 0 spiro atoms. The normalized spacial score (nSPS) is 20.6. The molecule has 0 saturated heterocycles. The third-order valence-corrected chi connectivity index (χ3v) is 3.83. The van der Waals surface area contributed by atoms with Gasteiger partial charge in [-0.05, 0) is 12.8 Å². The summed E-state index contributed by atoms with van der Waals surface area (Å²) in [4.78, 5) is 0. The minimum atomic E-state index is -4.10. The molecule has 0 aromatic carbocycles. The van der Waals surface area contributed by atoms with Gasteiger partial charge in [0.15, 0.2) is 0 Å². The van der Waals surface area contributed by atoms with E-state index in [9.17, 15) is 13.2 Å². The van der Waals surface area contributed by atoms with E-state index in [1.54, 1.807) is 0 Å². The Labute approximate surface area is 90.1 Å². The molecule has 84 valence electrons. The van der Waals surface area contributed by atoms with Crippen LogP contribution in [-0.4, -0.2) is 24.7 Å². The van der Waals surface area contributed by atoms with Gasteiger partial charge in [0, 0.05) is 10.7 Å². The van der Waals surface area contributed by atoms with Gasteiger partial charge in [0.2, 0.25) is 0 Å². The van der Waals surface area contributed by atoms with E-state index in [2.05, 4.69) is 15.9 Å². The zero-order valence-electron chi connectivity index (χ0n) is 7.87. The van der Waals surface area contributed by atoms with Crippen molar-refractivity contribution in [1.29, 1.82) is 0 Å². The number of ether oxygens (including phenoxy) is 1. The molecule has 1 fully saturated rings. The van der Waals surface area contributed by atoms with Crippen molar-refractivity contribution in [2.24, 2.45) is 5.41 Å². The first-order chi connectivity index (χ1) is 6.47. The van der Waals surface area contributed by atoms with Gasteiger partial charge in [0.05, 0.1) is 19.6 Å². The maximum atomic E-state index is 11.8. The van der Waals surface area contributed by atoms with Crippen LogP contribution in [0.15, 0.2) is 0 Å².